The Morgan fingerprint density at radius 2 is 2.38 bits per heavy atom. The van der Waals surface area contributed by atoms with Crippen LogP contribution in [0, 0.1) is 5.92 Å². The molecule has 0 amide bonds. The van der Waals surface area contributed by atoms with Crippen molar-refractivity contribution in [1.82, 2.24) is 0 Å². The molecule has 0 aliphatic heterocycles. The van der Waals surface area contributed by atoms with Crippen LogP contribution in [0.1, 0.15) is 32.1 Å². The highest BCUT2D eigenvalue weighted by molar-refractivity contribution is 5.17. The van der Waals surface area contributed by atoms with Crippen molar-refractivity contribution in [3.8, 4) is 0 Å². The molecule has 0 radical (unpaired) electrons. The van der Waals surface area contributed by atoms with Gasteiger partial charge in [-0.3, -0.25) is 0 Å². The Bertz CT molecular complexity index is 122. The van der Waals surface area contributed by atoms with Crippen LogP contribution in [0.15, 0.2) is 11.6 Å². The lowest BCUT2D eigenvalue weighted by molar-refractivity contribution is 0.382. The summed E-state index contributed by atoms with van der Waals surface area (Å²) in [6.07, 6.45) is 9.68. The number of fused-ring (bicyclic) bond motifs is 1. The third-order valence-electron chi connectivity index (χ3n) is 2.47. The fourth-order valence-electron chi connectivity index (χ4n) is 1.77. The summed E-state index contributed by atoms with van der Waals surface area (Å²) >= 11 is 0. The second-order valence-corrected chi connectivity index (χ2v) is 2.95. The van der Waals surface area contributed by atoms with Crippen molar-refractivity contribution in [2.45, 2.75) is 32.1 Å². The average Bonchev–Trinajstić information content (AvgIpc) is 1.72. The molecular weight excluding hydrogens is 96.1 g/mol. The third-order valence-corrected chi connectivity index (χ3v) is 2.47. The highest BCUT2D eigenvalue weighted by Gasteiger charge is 2.24. The maximum absolute atomic E-state index is 2.46. The number of allylic oxidation sites excluding steroid dienone is 2. The molecule has 0 N–H and O–H groups in total. The van der Waals surface area contributed by atoms with Crippen LogP contribution in [-0.4, -0.2) is 0 Å². The minimum atomic E-state index is 1.05. The Morgan fingerprint density at radius 1 is 1.38 bits per heavy atom. The molecule has 44 valence electrons. The second-order valence-electron chi connectivity index (χ2n) is 2.95. The zero-order chi connectivity index (χ0) is 5.40. The smallest absolute Gasteiger partial charge is 0.0200 e. The number of hydrogen-bond acceptors (Lipinski definition) is 0. The standard InChI is InChI=1S/C8H12/c1-2-4-8-6-5-7(8)3-1/h3,8H,1-2,4-6H2. The molecule has 2 rings (SSSR count). The van der Waals surface area contributed by atoms with Gasteiger partial charge in [0, 0.05) is 0 Å². The van der Waals surface area contributed by atoms with Crippen LogP contribution in [-0.2, 0) is 0 Å². The van der Waals surface area contributed by atoms with Gasteiger partial charge in [-0.15, -0.1) is 0 Å². The van der Waals surface area contributed by atoms with Crippen LogP contribution in [0.25, 0.3) is 0 Å². The molecule has 1 unspecified atom stereocenters. The molecule has 0 heterocycles. The Balaban J connectivity index is 2.13. The fraction of sp³-hybridized carbons (Fsp3) is 0.750. The van der Waals surface area contributed by atoms with Crippen molar-refractivity contribution >= 4 is 0 Å². The maximum atomic E-state index is 2.46. The first-order valence-electron chi connectivity index (χ1n) is 3.66. The molecule has 1 atom stereocenters. The molecule has 0 bridgehead atoms. The highest BCUT2D eigenvalue weighted by Crippen LogP contribution is 2.40. The first kappa shape index (κ1) is 4.60. The van der Waals surface area contributed by atoms with Gasteiger partial charge in [0.2, 0.25) is 0 Å². The molecule has 0 nitrogen and oxygen atoms in total. The van der Waals surface area contributed by atoms with Gasteiger partial charge in [-0.2, -0.15) is 0 Å². The molecule has 8 heavy (non-hydrogen) atoms. The van der Waals surface area contributed by atoms with E-state index in [9.17, 15) is 0 Å². The normalized spacial score (nSPS) is 35.0. The summed E-state index contributed by atoms with van der Waals surface area (Å²) in [7, 11) is 0. The molecule has 0 aromatic carbocycles. The Labute approximate surface area is 50.6 Å². The maximum Gasteiger partial charge on any atom is -0.0200 e. The quantitative estimate of drug-likeness (QED) is 0.418. The topological polar surface area (TPSA) is 0 Å². The summed E-state index contributed by atoms with van der Waals surface area (Å²) in [4.78, 5) is 0. The number of hydrogen-bond donors (Lipinski definition) is 0. The van der Waals surface area contributed by atoms with E-state index in [2.05, 4.69) is 6.08 Å². The lowest BCUT2D eigenvalue weighted by Crippen LogP contribution is -2.17. The summed E-state index contributed by atoms with van der Waals surface area (Å²) < 4.78 is 0. The molecule has 2 aliphatic carbocycles. The van der Waals surface area contributed by atoms with Crippen molar-refractivity contribution < 1.29 is 0 Å². The van der Waals surface area contributed by atoms with Crippen LogP contribution in [0.4, 0.5) is 0 Å². The summed E-state index contributed by atoms with van der Waals surface area (Å²) in [6, 6.07) is 0. The lowest BCUT2D eigenvalue weighted by atomic mass is 9.73. The van der Waals surface area contributed by atoms with Crippen LogP contribution in [0.3, 0.4) is 0 Å². The monoisotopic (exact) mass is 108 g/mol. The van der Waals surface area contributed by atoms with Crippen molar-refractivity contribution in [3.05, 3.63) is 11.6 Å². The third kappa shape index (κ3) is 0.521. The minimum Gasteiger partial charge on any atom is -0.0851 e. The van der Waals surface area contributed by atoms with Gasteiger partial charge >= 0.3 is 0 Å². The largest absolute Gasteiger partial charge is 0.0851 e. The van der Waals surface area contributed by atoms with Gasteiger partial charge in [0.25, 0.3) is 0 Å². The average molecular weight is 108 g/mol. The van der Waals surface area contributed by atoms with Gasteiger partial charge in [-0.25, -0.2) is 0 Å². The molecule has 2 aliphatic rings. The predicted octanol–water partition coefficient (Wildman–Crippen LogP) is 2.51. The fourth-order valence-corrected chi connectivity index (χ4v) is 1.77. The van der Waals surface area contributed by atoms with Crippen LogP contribution in [0.2, 0.25) is 0 Å². The van der Waals surface area contributed by atoms with Crippen LogP contribution in [0.5, 0.6) is 0 Å². The lowest BCUT2D eigenvalue weighted by Gasteiger charge is -2.33. The zero-order valence-electron chi connectivity index (χ0n) is 5.19. The van der Waals surface area contributed by atoms with Gasteiger partial charge in [-0.1, -0.05) is 11.6 Å². The summed E-state index contributed by atoms with van der Waals surface area (Å²) in [6.45, 7) is 0. The Morgan fingerprint density at radius 3 is 2.75 bits per heavy atom. The molecule has 0 saturated heterocycles. The molecule has 0 aromatic heterocycles. The predicted molar refractivity (Wildman–Crippen MR) is 34.7 cm³/mol. The Kier molecular flexibility index (Phi) is 0.927. The SMILES string of the molecule is C1=C2CCC2CCC1. The molecule has 1 saturated carbocycles. The first-order valence-corrected chi connectivity index (χ1v) is 3.66. The van der Waals surface area contributed by atoms with E-state index in [-0.39, 0.29) is 0 Å². The van der Waals surface area contributed by atoms with Gasteiger partial charge in [0.1, 0.15) is 0 Å². The van der Waals surface area contributed by atoms with Crippen molar-refractivity contribution in [3.63, 3.8) is 0 Å². The summed E-state index contributed by atoms with van der Waals surface area (Å²) in [5, 5.41) is 0. The number of rotatable bonds is 0. The molecule has 1 fully saturated rings. The van der Waals surface area contributed by atoms with Crippen molar-refractivity contribution in [2.75, 3.05) is 0 Å². The summed E-state index contributed by atoms with van der Waals surface area (Å²) in [5.41, 5.74) is 1.77. The van der Waals surface area contributed by atoms with E-state index in [1.807, 2.05) is 0 Å². The van der Waals surface area contributed by atoms with Crippen molar-refractivity contribution in [1.29, 1.82) is 0 Å². The van der Waals surface area contributed by atoms with Gasteiger partial charge in [-0.05, 0) is 38.0 Å². The van der Waals surface area contributed by atoms with E-state index in [1.54, 1.807) is 5.57 Å². The van der Waals surface area contributed by atoms with E-state index in [1.165, 1.54) is 32.1 Å². The summed E-state index contributed by atoms with van der Waals surface area (Å²) in [5.74, 6) is 1.05. The molecular formula is C8H12. The van der Waals surface area contributed by atoms with E-state index < -0.39 is 0 Å². The van der Waals surface area contributed by atoms with E-state index >= 15 is 0 Å². The van der Waals surface area contributed by atoms with Crippen LogP contribution < -0.4 is 0 Å². The molecule has 0 spiro atoms. The van der Waals surface area contributed by atoms with E-state index in [0.29, 0.717) is 0 Å². The highest BCUT2D eigenvalue weighted by atomic mass is 14.3. The van der Waals surface area contributed by atoms with E-state index in [4.69, 9.17) is 0 Å². The zero-order valence-corrected chi connectivity index (χ0v) is 5.19. The first-order chi connectivity index (χ1) is 3.97. The van der Waals surface area contributed by atoms with Gasteiger partial charge in [0.15, 0.2) is 0 Å². The van der Waals surface area contributed by atoms with E-state index in [0.717, 1.165) is 5.92 Å². The van der Waals surface area contributed by atoms with Gasteiger partial charge in [0.05, 0.1) is 0 Å². The molecule has 0 aromatic rings. The Hall–Kier alpha value is -0.260. The minimum absolute atomic E-state index is 1.05. The van der Waals surface area contributed by atoms with Crippen LogP contribution >= 0.6 is 0 Å². The molecule has 0 heteroatoms. The second kappa shape index (κ2) is 1.61. The van der Waals surface area contributed by atoms with Gasteiger partial charge < -0.3 is 0 Å². The van der Waals surface area contributed by atoms with Crippen molar-refractivity contribution in [2.24, 2.45) is 5.92 Å².